The van der Waals surface area contributed by atoms with Gasteiger partial charge in [0.2, 0.25) is 0 Å². The number of unbranched alkanes of at least 4 members (excludes halogenated alkanes) is 21. The summed E-state index contributed by atoms with van der Waals surface area (Å²) in [6, 6.07) is 0. The lowest BCUT2D eigenvalue weighted by Crippen LogP contribution is -2.30. The van der Waals surface area contributed by atoms with Gasteiger partial charge < -0.3 is 33.8 Å². The van der Waals surface area contributed by atoms with E-state index in [0.29, 0.717) is 38.5 Å². The fourth-order valence-electron chi connectivity index (χ4n) is 10.5. The molecule has 17 nitrogen and oxygen atoms in total. The van der Waals surface area contributed by atoms with Gasteiger partial charge in [-0.1, -0.05) is 293 Å². The van der Waals surface area contributed by atoms with E-state index >= 15 is 0 Å². The summed E-state index contributed by atoms with van der Waals surface area (Å²) in [5, 5.41) is 10.7. The van der Waals surface area contributed by atoms with Crippen LogP contribution in [0.1, 0.15) is 310 Å². The molecule has 0 aromatic rings. The van der Waals surface area contributed by atoms with Crippen LogP contribution < -0.4 is 0 Å². The molecule has 0 radical (unpaired) electrons. The van der Waals surface area contributed by atoms with Crippen LogP contribution >= 0.6 is 15.6 Å². The highest BCUT2D eigenvalue weighted by molar-refractivity contribution is 7.47. The minimum atomic E-state index is -5.02. The minimum absolute atomic E-state index is 0.00288. The number of hydrogen-bond acceptors (Lipinski definition) is 15. The summed E-state index contributed by atoms with van der Waals surface area (Å²) in [5.74, 6) is -2.39. The Balaban J connectivity index is 5.54. The first-order valence-electron chi connectivity index (χ1n) is 42.0. The molecule has 2 unspecified atom stereocenters. The first-order valence-corrected chi connectivity index (χ1v) is 45.0. The molecule has 19 heteroatoms. The SMILES string of the molecule is CC/C=C\C/C=C\C/C=C\C/C=C\C/C=C\CCCCCC(=O)OC[C@H](COP(=O)(O)OC[C@@H](O)COP(=O)(O)OC[C@@H](COC(=O)CC/C=C\C/C=C\C/C=C\C/C=C\C/C=C\CCCCC)OC(=O)CCCCCCCCC/C=C\CCCCCC)OC(=O)CCC/C=C\C/C=C\C/C=C\C/C=C\CCCCC. The van der Waals surface area contributed by atoms with Crippen molar-refractivity contribution in [1.82, 2.24) is 0 Å². The van der Waals surface area contributed by atoms with Gasteiger partial charge in [0, 0.05) is 25.7 Å². The third kappa shape index (κ3) is 80.2. The standard InChI is InChI=1S/C91H148O17P2/c1-5-9-13-17-21-25-29-33-37-40-42-45-48-51-55-59-63-67-71-75-88(93)101-81-86(107-90(95)77-73-69-65-61-57-53-47-36-32-28-24-20-16-12-8-4)83-105-109(97,98)103-79-85(92)80-104-110(99,100)106-84-87(108-91(96)78-74-70-66-62-58-54-50-44-39-35-31-27-23-19-15-11-7-3)82-102-89(94)76-72-68-64-60-56-52-49-46-43-41-38-34-30-26-22-18-14-10-6-2/h10,14,21-23,25-28,32-35,37-39,42-43,45-46,50-52,54-56,62-63,66-67,85-87,92H,5-9,11-13,15-20,24,29-31,36,40-41,44,47-49,53,57-61,64-65,68-84H2,1-4H3,(H,97,98)(H,99,100)/b14-10-,25-21-,26-22-,27-23-,32-28-,37-33-,38-34-,39-35-,45-42-,46-43-,54-50-,55-51-,56-52-,66-62-,67-63-/t85-,86+,87+/m0/s1. The van der Waals surface area contributed by atoms with Crippen LogP contribution in [0.15, 0.2) is 182 Å². The fraction of sp³-hybridized carbons (Fsp3) is 0.626. The maximum atomic E-state index is 13.1. The average Bonchev–Trinajstić information content (AvgIpc) is 0.906. The van der Waals surface area contributed by atoms with Gasteiger partial charge in [-0.05, 0) is 173 Å². The van der Waals surface area contributed by atoms with Crippen LogP contribution in [-0.4, -0.2) is 96.7 Å². The van der Waals surface area contributed by atoms with Crippen molar-refractivity contribution in [2.45, 2.75) is 329 Å². The third-order valence-corrected chi connectivity index (χ3v) is 18.7. The van der Waals surface area contributed by atoms with Crippen LogP contribution in [-0.2, 0) is 65.4 Å². The lowest BCUT2D eigenvalue weighted by Gasteiger charge is -2.21. The molecule has 0 aliphatic carbocycles. The molecular formula is C91H148O17P2. The Kier molecular flexibility index (Phi) is 76.9. The van der Waals surface area contributed by atoms with Crippen LogP contribution in [0.3, 0.4) is 0 Å². The Bertz CT molecular complexity index is 2800. The molecular weight excluding hydrogens is 1430 g/mol. The monoisotopic (exact) mass is 1580 g/mol. The van der Waals surface area contributed by atoms with Gasteiger partial charge in [-0.25, -0.2) is 9.13 Å². The van der Waals surface area contributed by atoms with Crippen molar-refractivity contribution >= 4 is 39.5 Å². The zero-order valence-corrected chi connectivity index (χ0v) is 70.1. The van der Waals surface area contributed by atoms with E-state index in [1.54, 1.807) is 0 Å². The van der Waals surface area contributed by atoms with Crippen LogP contribution in [0.5, 0.6) is 0 Å². The van der Waals surface area contributed by atoms with Gasteiger partial charge in [-0.2, -0.15) is 0 Å². The molecule has 624 valence electrons. The molecule has 110 heavy (non-hydrogen) atoms. The highest BCUT2D eigenvalue weighted by Gasteiger charge is 2.30. The van der Waals surface area contributed by atoms with Crippen molar-refractivity contribution in [3.63, 3.8) is 0 Å². The van der Waals surface area contributed by atoms with Crippen molar-refractivity contribution in [3.8, 4) is 0 Å². The van der Waals surface area contributed by atoms with E-state index < -0.39 is 97.5 Å². The maximum absolute atomic E-state index is 13.1. The minimum Gasteiger partial charge on any atom is -0.462 e. The average molecular weight is 1580 g/mol. The number of carbonyl (C=O) groups is 4. The van der Waals surface area contributed by atoms with Crippen LogP contribution in [0, 0.1) is 0 Å². The topological polar surface area (TPSA) is 237 Å². The Labute approximate surface area is 666 Å². The normalized spacial score (nSPS) is 14.7. The molecule has 0 aliphatic heterocycles. The van der Waals surface area contributed by atoms with Crippen molar-refractivity contribution in [1.29, 1.82) is 0 Å². The smallest absolute Gasteiger partial charge is 0.462 e. The fourth-order valence-corrected chi connectivity index (χ4v) is 12.0. The summed E-state index contributed by atoms with van der Waals surface area (Å²) < 4.78 is 68.6. The Morgan fingerprint density at radius 2 is 0.500 bits per heavy atom. The quantitative estimate of drug-likeness (QED) is 0.0169. The second-order valence-electron chi connectivity index (χ2n) is 27.3. The number of aliphatic hydroxyl groups excluding tert-OH is 1. The van der Waals surface area contributed by atoms with Crippen LogP contribution in [0.2, 0.25) is 0 Å². The number of esters is 4. The number of phosphoric ester groups is 2. The molecule has 3 N–H and O–H groups in total. The van der Waals surface area contributed by atoms with Crippen molar-refractivity contribution < 1.29 is 80.2 Å². The summed E-state index contributed by atoms with van der Waals surface area (Å²) >= 11 is 0. The van der Waals surface area contributed by atoms with Crippen LogP contribution in [0.25, 0.3) is 0 Å². The first kappa shape index (κ1) is 104. The van der Waals surface area contributed by atoms with Gasteiger partial charge in [-0.15, -0.1) is 0 Å². The van der Waals surface area contributed by atoms with E-state index in [1.807, 2.05) is 24.3 Å². The molecule has 0 aromatic carbocycles. The predicted molar refractivity (Wildman–Crippen MR) is 454 cm³/mol. The molecule has 0 aliphatic rings. The molecule has 0 spiro atoms. The highest BCUT2D eigenvalue weighted by atomic mass is 31.2. The number of phosphoric acid groups is 2. The zero-order chi connectivity index (χ0) is 80.3. The maximum Gasteiger partial charge on any atom is 0.472 e. The number of ether oxygens (including phenoxy) is 4. The van der Waals surface area contributed by atoms with E-state index in [0.717, 1.165) is 154 Å². The summed E-state index contributed by atoms with van der Waals surface area (Å²) in [5.41, 5.74) is 0. The van der Waals surface area contributed by atoms with Crippen LogP contribution in [0.4, 0.5) is 0 Å². The van der Waals surface area contributed by atoms with Gasteiger partial charge in [0.05, 0.1) is 26.4 Å². The molecule has 0 saturated heterocycles. The second-order valence-corrected chi connectivity index (χ2v) is 30.2. The number of aliphatic hydroxyl groups is 1. The number of hydrogen-bond donors (Lipinski definition) is 3. The van der Waals surface area contributed by atoms with Crippen molar-refractivity contribution in [3.05, 3.63) is 182 Å². The van der Waals surface area contributed by atoms with Gasteiger partial charge in [0.15, 0.2) is 12.2 Å². The lowest BCUT2D eigenvalue weighted by atomic mass is 10.1. The lowest BCUT2D eigenvalue weighted by molar-refractivity contribution is -0.161. The molecule has 0 bridgehead atoms. The third-order valence-electron chi connectivity index (χ3n) is 16.8. The van der Waals surface area contributed by atoms with Crippen molar-refractivity contribution in [2.24, 2.45) is 0 Å². The highest BCUT2D eigenvalue weighted by Crippen LogP contribution is 2.45. The molecule has 0 aromatic heterocycles. The number of rotatable bonds is 77. The predicted octanol–water partition coefficient (Wildman–Crippen LogP) is 25.1. The first-order chi connectivity index (χ1) is 53.7. The van der Waals surface area contributed by atoms with E-state index in [1.165, 1.54) is 64.2 Å². The Hall–Kier alpha value is -5.84. The second kappa shape index (κ2) is 81.2. The number of allylic oxidation sites excluding steroid dienone is 30. The molecule has 0 amide bonds. The molecule has 0 fully saturated rings. The van der Waals surface area contributed by atoms with E-state index in [9.17, 15) is 43.2 Å². The Morgan fingerprint density at radius 3 is 0.855 bits per heavy atom. The van der Waals surface area contributed by atoms with Gasteiger partial charge in [-0.3, -0.25) is 37.3 Å². The summed E-state index contributed by atoms with van der Waals surface area (Å²) in [7, 11) is -10.0. The van der Waals surface area contributed by atoms with Gasteiger partial charge in [0.1, 0.15) is 19.3 Å². The van der Waals surface area contributed by atoms with E-state index in [-0.39, 0.29) is 25.7 Å². The van der Waals surface area contributed by atoms with Crippen molar-refractivity contribution in [2.75, 3.05) is 39.6 Å². The van der Waals surface area contributed by atoms with Gasteiger partial charge in [0.25, 0.3) is 0 Å². The van der Waals surface area contributed by atoms with E-state index in [4.69, 9.17) is 37.0 Å². The summed E-state index contributed by atoms with van der Waals surface area (Å²) in [4.78, 5) is 73.1. The summed E-state index contributed by atoms with van der Waals surface area (Å²) in [6.45, 7) is 4.50. The number of carbonyl (C=O) groups excluding carboxylic acids is 4. The molecule has 0 rings (SSSR count). The molecule has 0 saturated carbocycles. The largest absolute Gasteiger partial charge is 0.472 e. The molecule has 0 heterocycles. The zero-order valence-electron chi connectivity index (χ0n) is 68.4. The van der Waals surface area contributed by atoms with E-state index in [2.05, 4.69) is 186 Å². The van der Waals surface area contributed by atoms with Gasteiger partial charge >= 0.3 is 39.5 Å². The molecule has 5 atom stereocenters. The Morgan fingerprint density at radius 1 is 0.264 bits per heavy atom. The summed E-state index contributed by atoms with van der Waals surface area (Å²) in [6.07, 6.45) is 98.8.